The number of nitrogens with one attached hydrogen (secondary N) is 1. The van der Waals surface area contributed by atoms with Gasteiger partial charge in [-0.2, -0.15) is 5.10 Å². The van der Waals surface area contributed by atoms with Gasteiger partial charge in [0, 0.05) is 29.1 Å². The third-order valence-corrected chi connectivity index (χ3v) is 5.29. The lowest BCUT2D eigenvalue weighted by molar-refractivity contribution is -0.116. The van der Waals surface area contributed by atoms with Crippen molar-refractivity contribution in [2.75, 3.05) is 5.32 Å². The molecule has 0 radical (unpaired) electrons. The van der Waals surface area contributed by atoms with Crippen LogP contribution in [0, 0.1) is 26.6 Å². The number of hydrogen-bond acceptors (Lipinski definition) is 3. The van der Waals surface area contributed by atoms with Crippen LogP contribution >= 0.6 is 0 Å². The molecule has 0 bridgehead atoms. The maximum absolute atomic E-state index is 13.0. The number of nitrogens with zero attached hydrogens (tertiary/aromatic N) is 3. The molecule has 30 heavy (non-hydrogen) atoms. The highest BCUT2D eigenvalue weighted by Gasteiger charge is 2.18. The standard InChI is InChI=1S/C24H23FN4O/c1-15-21(13-14-22(30)27-20-11-9-19(25)10-12-20)17(3)29-24(26-15)23(16(2)28-29)18-7-5-4-6-8-18/h4-12H,13-14H2,1-3H3,(H,27,30). The highest BCUT2D eigenvalue weighted by Crippen LogP contribution is 2.29. The fraction of sp³-hybridized carbons (Fsp3) is 0.208. The molecule has 2 aromatic carbocycles. The molecular weight excluding hydrogens is 379 g/mol. The number of aromatic nitrogens is 3. The van der Waals surface area contributed by atoms with Crippen LogP contribution in [0.1, 0.15) is 29.1 Å². The predicted octanol–water partition coefficient (Wildman–Crippen LogP) is 5.03. The second-order valence-electron chi connectivity index (χ2n) is 7.38. The van der Waals surface area contributed by atoms with Gasteiger partial charge in [0.2, 0.25) is 5.91 Å². The van der Waals surface area contributed by atoms with Gasteiger partial charge in [-0.3, -0.25) is 4.79 Å². The van der Waals surface area contributed by atoms with E-state index in [4.69, 9.17) is 10.1 Å². The molecule has 4 aromatic rings. The van der Waals surface area contributed by atoms with Crippen molar-refractivity contribution in [1.82, 2.24) is 14.6 Å². The first-order valence-electron chi connectivity index (χ1n) is 9.90. The van der Waals surface area contributed by atoms with Gasteiger partial charge in [-0.05, 0) is 62.6 Å². The van der Waals surface area contributed by atoms with Crippen LogP contribution in [0.15, 0.2) is 54.6 Å². The molecule has 152 valence electrons. The first-order chi connectivity index (χ1) is 14.4. The van der Waals surface area contributed by atoms with Crippen LogP contribution in [0.5, 0.6) is 0 Å². The van der Waals surface area contributed by atoms with E-state index in [2.05, 4.69) is 17.4 Å². The van der Waals surface area contributed by atoms with Crippen LogP contribution in [0.3, 0.4) is 0 Å². The number of anilines is 1. The number of halogens is 1. The molecule has 4 rings (SSSR count). The van der Waals surface area contributed by atoms with Crippen molar-refractivity contribution in [3.05, 3.63) is 83.1 Å². The van der Waals surface area contributed by atoms with E-state index in [9.17, 15) is 9.18 Å². The number of carbonyl (C=O) groups is 1. The van der Waals surface area contributed by atoms with E-state index in [-0.39, 0.29) is 11.7 Å². The molecule has 1 amide bonds. The van der Waals surface area contributed by atoms with Gasteiger partial charge in [0.25, 0.3) is 0 Å². The molecule has 0 aliphatic carbocycles. The largest absolute Gasteiger partial charge is 0.326 e. The zero-order valence-corrected chi connectivity index (χ0v) is 17.2. The quantitative estimate of drug-likeness (QED) is 0.509. The summed E-state index contributed by atoms with van der Waals surface area (Å²) < 4.78 is 14.9. The maximum Gasteiger partial charge on any atom is 0.224 e. The predicted molar refractivity (Wildman–Crippen MR) is 116 cm³/mol. The number of hydrogen-bond donors (Lipinski definition) is 1. The number of rotatable bonds is 5. The Kier molecular flexibility index (Phi) is 5.31. The number of carbonyl (C=O) groups excluding carboxylic acids is 1. The average molecular weight is 402 g/mol. The van der Waals surface area contributed by atoms with E-state index >= 15 is 0 Å². The molecule has 0 atom stereocenters. The summed E-state index contributed by atoms with van der Waals surface area (Å²) in [6.07, 6.45) is 0.852. The SMILES string of the molecule is Cc1nc2c(-c3ccccc3)c(C)nn2c(C)c1CCC(=O)Nc1ccc(F)cc1. The molecular formula is C24H23FN4O. The normalized spacial score (nSPS) is 11.1. The van der Waals surface area contributed by atoms with Crippen LogP contribution in [0.2, 0.25) is 0 Å². The molecule has 0 saturated carbocycles. The van der Waals surface area contributed by atoms with Gasteiger partial charge in [-0.1, -0.05) is 30.3 Å². The third-order valence-electron chi connectivity index (χ3n) is 5.29. The van der Waals surface area contributed by atoms with E-state index in [1.807, 2.05) is 43.5 Å². The van der Waals surface area contributed by atoms with Crippen molar-refractivity contribution in [2.45, 2.75) is 33.6 Å². The molecule has 0 unspecified atom stereocenters. The van der Waals surface area contributed by atoms with Crippen LogP contribution in [-0.2, 0) is 11.2 Å². The van der Waals surface area contributed by atoms with E-state index in [0.29, 0.717) is 18.5 Å². The van der Waals surface area contributed by atoms with E-state index in [0.717, 1.165) is 39.4 Å². The maximum atomic E-state index is 13.0. The van der Waals surface area contributed by atoms with Gasteiger partial charge in [0.15, 0.2) is 5.65 Å². The Morgan fingerprint density at radius 3 is 2.40 bits per heavy atom. The molecule has 2 aromatic heterocycles. The Bertz CT molecular complexity index is 1210. The molecule has 5 nitrogen and oxygen atoms in total. The number of aryl methyl sites for hydroxylation is 3. The second-order valence-corrected chi connectivity index (χ2v) is 7.38. The van der Waals surface area contributed by atoms with Gasteiger partial charge < -0.3 is 5.32 Å². The van der Waals surface area contributed by atoms with Crippen LogP contribution < -0.4 is 5.32 Å². The first kappa shape index (κ1) is 19.8. The minimum absolute atomic E-state index is 0.123. The Balaban J connectivity index is 1.59. The smallest absolute Gasteiger partial charge is 0.224 e. The van der Waals surface area contributed by atoms with Crippen LogP contribution in [-0.4, -0.2) is 20.5 Å². The zero-order valence-electron chi connectivity index (χ0n) is 17.2. The van der Waals surface area contributed by atoms with Gasteiger partial charge in [-0.15, -0.1) is 0 Å². The summed E-state index contributed by atoms with van der Waals surface area (Å²) >= 11 is 0. The van der Waals surface area contributed by atoms with Crippen LogP contribution in [0.4, 0.5) is 10.1 Å². The molecule has 0 aliphatic rings. The Morgan fingerprint density at radius 1 is 1.00 bits per heavy atom. The summed E-state index contributed by atoms with van der Waals surface area (Å²) in [5, 5.41) is 7.51. The Morgan fingerprint density at radius 2 is 1.70 bits per heavy atom. The molecule has 0 saturated heterocycles. The van der Waals surface area contributed by atoms with E-state index in [1.165, 1.54) is 12.1 Å². The summed E-state index contributed by atoms with van der Waals surface area (Å²) in [5.41, 5.74) is 7.34. The zero-order chi connectivity index (χ0) is 21.3. The van der Waals surface area contributed by atoms with Crippen molar-refractivity contribution < 1.29 is 9.18 Å². The van der Waals surface area contributed by atoms with Gasteiger partial charge in [0.05, 0.1) is 5.69 Å². The van der Waals surface area contributed by atoms with E-state index in [1.54, 1.807) is 12.1 Å². The highest BCUT2D eigenvalue weighted by atomic mass is 19.1. The summed E-state index contributed by atoms with van der Waals surface area (Å²) in [6, 6.07) is 15.9. The van der Waals surface area contributed by atoms with Crippen LogP contribution in [0.25, 0.3) is 16.8 Å². The lowest BCUT2D eigenvalue weighted by atomic mass is 10.0. The highest BCUT2D eigenvalue weighted by molar-refractivity contribution is 5.90. The third kappa shape index (κ3) is 3.81. The minimum atomic E-state index is -0.331. The molecule has 6 heteroatoms. The number of benzene rings is 2. The Labute approximate surface area is 174 Å². The average Bonchev–Trinajstić information content (AvgIpc) is 3.06. The fourth-order valence-electron chi connectivity index (χ4n) is 3.77. The Hall–Kier alpha value is -3.54. The monoisotopic (exact) mass is 402 g/mol. The first-order valence-corrected chi connectivity index (χ1v) is 9.90. The molecule has 0 fully saturated rings. The van der Waals surface area contributed by atoms with E-state index < -0.39 is 0 Å². The lowest BCUT2D eigenvalue weighted by Gasteiger charge is -2.12. The molecule has 2 heterocycles. The second kappa shape index (κ2) is 8.06. The van der Waals surface area contributed by atoms with Gasteiger partial charge >= 0.3 is 0 Å². The molecule has 0 aliphatic heterocycles. The number of amides is 1. The summed E-state index contributed by atoms with van der Waals surface area (Å²) in [4.78, 5) is 17.2. The van der Waals surface area contributed by atoms with Crippen molar-refractivity contribution in [2.24, 2.45) is 0 Å². The summed E-state index contributed by atoms with van der Waals surface area (Å²) in [5.74, 6) is -0.454. The van der Waals surface area contributed by atoms with Gasteiger partial charge in [-0.25, -0.2) is 13.9 Å². The number of fused-ring (bicyclic) bond motifs is 1. The van der Waals surface area contributed by atoms with Crippen molar-refractivity contribution in [3.8, 4) is 11.1 Å². The van der Waals surface area contributed by atoms with Crippen molar-refractivity contribution in [3.63, 3.8) is 0 Å². The molecule has 1 N–H and O–H groups in total. The summed E-state index contributed by atoms with van der Waals surface area (Å²) in [6.45, 7) is 5.97. The minimum Gasteiger partial charge on any atom is -0.326 e. The topological polar surface area (TPSA) is 59.3 Å². The van der Waals surface area contributed by atoms with Crippen molar-refractivity contribution in [1.29, 1.82) is 0 Å². The lowest BCUT2D eigenvalue weighted by Crippen LogP contribution is -2.14. The van der Waals surface area contributed by atoms with Crippen molar-refractivity contribution >= 4 is 17.2 Å². The summed E-state index contributed by atoms with van der Waals surface area (Å²) in [7, 11) is 0. The van der Waals surface area contributed by atoms with Gasteiger partial charge in [0.1, 0.15) is 5.82 Å². The molecule has 0 spiro atoms. The fourth-order valence-corrected chi connectivity index (χ4v) is 3.77.